The molecule has 0 spiro atoms. The van der Waals surface area contributed by atoms with Gasteiger partial charge in [0.2, 0.25) is 0 Å². The molecule has 18 heavy (non-hydrogen) atoms. The van der Waals surface area contributed by atoms with Crippen LogP contribution in [0.5, 0.6) is 0 Å². The van der Waals surface area contributed by atoms with Crippen LogP contribution in [0.15, 0.2) is 0 Å². The maximum atomic E-state index is 5.77. The molecule has 3 heteroatoms. The summed E-state index contributed by atoms with van der Waals surface area (Å²) in [7, 11) is 2.07. The quantitative estimate of drug-likeness (QED) is 0.832. The van der Waals surface area contributed by atoms with Gasteiger partial charge in [0.15, 0.2) is 0 Å². The molecule has 0 bridgehead atoms. The normalized spacial score (nSPS) is 38.8. The summed E-state index contributed by atoms with van der Waals surface area (Å²) >= 11 is 0. The highest BCUT2D eigenvalue weighted by Gasteiger charge is 2.37. The SMILES string of the molecule is CNCC1(CN2CCCC(C)C2C)CCCOC1. The lowest BCUT2D eigenvalue weighted by molar-refractivity contribution is -0.0405. The smallest absolute Gasteiger partial charge is 0.0546 e. The van der Waals surface area contributed by atoms with E-state index in [-0.39, 0.29) is 0 Å². The summed E-state index contributed by atoms with van der Waals surface area (Å²) < 4.78 is 5.77. The third-order valence-corrected chi connectivity index (χ3v) is 5.00. The predicted molar refractivity (Wildman–Crippen MR) is 75.8 cm³/mol. The van der Waals surface area contributed by atoms with Crippen LogP contribution in [-0.4, -0.2) is 50.8 Å². The summed E-state index contributed by atoms with van der Waals surface area (Å²) in [6, 6.07) is 0.731. The summed E-state index contributed by atoms with van der Waals surface area (Å²) in [5.74, 6) is 0.842. The third kappa shape index (κ3) is 3.25. The van der Waals surface area contributed by atoms with Gasteiger partial charge in [0.25, 0.3) is 0 Å². The molecule has 2 rings (SSSR count). The molecule has 2 heterocycles. The number of nitrogens with zero attached hydrogens (tertiary/aromatic N) is 1. The van der Waals surface area contributed by atoms with E-state index in [4.69, 9.17) is 4.74 Å². The van der Waals surface area contributed by atoms with Gasteiger partial charge in [-0.3, -0.25) is 4.90 Å². The number of hydrogen-bond donors (Lipinski definition) is 1. The highest BCUT2D eigenvalue weighted by molar-refractivity contribution is 4.90. The van der Waals surface area contributed by atoms with Crippen molar-refractivity contribution < 1.29 is 4.74 Å². The summed E-state index contributed by atoms with van der Waals surface area (Å²) in [5, 5.41) is 3.39. The number of likely N-dealkylation sites (tertiary alicyclic amines) is 1. The second-order valence-corrected chi connectivity index (χ2v) is 6.52. The fourth-order valence-corrected chi connectivity index (χ4v) is 3.68. The van der Waals surface area contributed by atoms with E-state index in [1.807, 2.05) is 0 Å². The van der Waals surface area contributed by atoms with Crippen LogP contribution in [0.4, 0.5) is 0 Å². The van der Waals surface area contributed by atoms with Crippen molar-refractivity contribution in [3.05, 3.63) is 0 Å². The van der Waals surface area contributed by atoms with Crippen molar-refractivity contribution in [2.24, 2.45) is 11.3 Å². The fourth-order valence-electron chi connectivity index (χ4n) is 3.68. The van der Waals surface area contributed by atoms with Crippen LogP contribution in [0.2, 0.25) is 0 Å². The molecule has 0 aromatic rings. The predicted octanol–water partition coefficient (Wildman–Crippen LogP) is 2.12. The summed E-state index contributed by atoms with van der Waals surface area (Å²) in [4.78, 5) is 2.71. The average Bonchev–Trinajstić information content (AvgIpc) is 2.36. The van der Waals surface area contributed by atoms with Crippen LogP contribution in [0.3, 0.4) is 0 Å². The molecule has 0 saturated carbocycles. The molecule has 0 aliphatic carbocycles. The van der Waals surface area contributed by atoms with E-state index in [0.29, 0.717) is 5.41 Å². The first-order chi connectivity index (χ1) is 8.67. The van der Waals surface area contributed by atoms with Crippen molar-refractivity contribution in [3.8, 4) is 0 Å². The van der Waals surface area contributed by atoms with Gasteiger partial charge in [0, 0.05) is 31.2 Å². The number of rotatable bonds is 4. The molecule has 3 unspecified atom stereocenters. The minimum Gasteiger partial charge on any atom is -0.381 e. The molecule has 0 aromatic carbocycles. The topological polar surface area (TPSA) is 24.5 Å². The van der Waals surface area contributed by atoms with Crippen molar-refractivity contribution in [1.82, 2.24) is 10.2 Å². The second kappa shape index (κ2) is 6.36. The minimum atomic E-state index is 0.346. The first-order valence-electron chi connectivity index (χ1n) is 7.63. The van der Waals surface area contributed by atoms with Crippen molar-refractivity contribution in [1.29, 1.82) is 0 Å². The molecule has 0 radical (unpaired) electrons. The maximum absolute atomic E-state index is 5.77. The van der Waals surface area contributed by atoms with Crippen molar-refractivity contribution in [2.75, 3.05) is 39.9 Å². The van der Waals surface area contributed by atoms with E-state index in [2.05, 4.69) is 31.1 Å². The monoisotopic (exact) mass is 254 g/mol. The highest BCUT2D eigenvalue weighted by Crippen LogP contribution is 2.32. The minimum absolute atomic E-state index is 0.346. The van der Waals surface area contributed by atoms with Gasteiger partial charge in [-0.1, -0.05) is 6.92 Å². The largest absolute Gasteiger partial charge is 0.381 e. The lowest BCUT2D eigenvalue weighted by atomic mass is 9.80. The Bertz CT molecular complexity index is 245. The fraction of sp³-hybridized carbons (Fsp3) is 1.00. The third-order valence-electron chi connectivity index (χ3n) is 5.00. The van der Waals surface area contributed by atoms with Gasteiger partial charge in [-0.15, -0.1) is 0 Å². The first kappa shape index (κ1) is 14.3. The lowest BCUT2D eigenvalue weighted by Crippen LogP contribution is -2.53. The van der Waals surface area contributed by atoms with Crippen LogP contribution < -0.4 is 5.32 Å². The first-order valence-corrected chi connectivity index (χ1v) is 7.63. The molecule has 3 atom stereocenters. The zero-order valence-corrected chi connectivity index (χ0v) is 12.4. The second-order valence-electron chi connectivity index (χ2n) is 6.52. The Morgan fingerprint density at radius 3 is 2.83 bits per heavy atom. The van der Waals surface area contributed by atoms with Crippen molar-refractivity contribution >= 4 is 0 Å². The average molecular weight is 254 g/mol. The molecule has 0 amide bonds. The Morgan fingerprint density at radius 1 is 1.33 bits per heavy atom. The van der Waals surface area contributed by atoms with Crippen LogP contribution >= 0.6 is 0 Å². The standard InChI is InChI=1S/C15H30N2O/c1-13-6-4-8-17(14(13)2)11-15(10-16-3)7-5-9-18-12-15/h13-14,16H,4-12H2,1-3H3. The Morgan fingerprint density at radius 2 is 2.17 bits per heavy atom. The lowest BCUT2D eigenvalue weighted by Gasteiger charge is -2.46. The Labute approximate surface area is 112 Å². The summed E-state index contributed by atoms with van der Waals surface area (Å²) in [6.07, 6.45) is 5.29. The van der Waals surface area contributed by atoms with Gasteiger partial charge in [-0.25, -0.2) is 0 Å². The summed E-state index contributed by atoms with van der Waals surface area (Å²) in [5.41, 5.74) is 0.346. The van der Waals surface area contributed by atoms with E-state index in [1.165, 1.54) is 38.8 Å². The summed E-state index contributed by atoms with van der Waals surface area (Å²) in [6.45, 7) is 10.3. The van der Waals surface area contributed by atoms with Crippen LogP contribution in [0.25, 0.3) is 0 Å². The number of ether oxygens (including phenoxy) is 1. The zero-order valence-electron chi connectivity index (χ0n) is 12.4. The van der Waals surface area contributed by atoms with Crippen molar-refractivity contribution in [2.45, 2.75) is 45.6 Å². The Balaban J connectivity index is 1.99. The van der Waals surface area contributed by atoms with E-state index in [1.54, 1.807) is 0 Å². The van der Waals surface area contributed by atoms with E-state index in [9.17, 15) is 0 Å². The number of piperidine rings is 1. The Hall–Kier alpha value is -0.120. The molecular weight excluding hydrogens is 224 g/mol. The number of nitrogens with one attached hydrogen (secondary N) is 1. The van der Waals surface area contributed by atoms with Gasteiger partial charge >= 0.3 is 0 Å². The van der Waals surface area contributed by atoms with E-state index in [0.717, 1.165) is 31.7 Å². The molecule has 1 N–H and O–H groups in total. The van der Waals surface area contributed by atoms with Gasteiger partial charge in [-0.2, -0.15) is 0 Å². The van der Waals surface area contributed by atoms with E-state index < -0.39 is 0 Å². The van der Waals surface area contributed by atoms with E-state index >= 15 is 0 Å². The Kier molecular flexibility index (Phi) is 5.05. The molecule has 0 aromatic heterocycles. The van der Waals surface area contributed by atoms with Crippen LogP contribution in [0.1, 0.15) is 39.5 Å². The van der Waals surface area contributed by atoms with Gasteiger partial charge in [-0.05, 0) is 52.1 Å². The maximum Gasteiger partial charge on any atom is 0.0546 e. The van der Waals surface area contributed by atoms with Crippen LogP contribution in [-0.2, 0) is 4.74 Å². The molecule has 2 aliphatic heterocycles. The molecule has 106 valence electrons. The van der Waals surface area contributed by atoms with Crippen molar-refractivity contribution in [3.63, 3.8) is 0 Å². The molecule has 2 saturated heterocycles. The van der Waals surface area contributed by atoms with Crippen LogP contribution in [0, 0.1) is 11.3 Å². The van der Waals surface area contributed by atoms with Gasteiger partial charge in [0.1, 0.15) is 0 Å². The molecular formula is C15H30N2O. The molecule has 3 nitrogen and oxygen atoms in total. The zero-order chi connectivity index (χ0) is 13.0. The van der Waals surface area contributed by atoms with Gasteiger partial charge < -0.3 is 10.1 Å². The van der Waals surface area contributed by atoms with Gasteiger partial charge in [0.05, 0.1) is 6.61 Å². The molecule has 2 fully saturated rings. The highest BCUT2D eigenvalue weighted by atomic mass is 16.5. The molecule has 2 aliphatic rings. The number of hydrogen-bond acceptors (Lipinski definition) is 3.